The van der Waals surface area contributed by atoms with Gasteiger partial charge in [-0.2, -0.15) is 0 Å². The molecule has 0 saturated carbocycles. The van der Waals surface area contributed by atoms with E-state index < -0.39 is 0 Å². The van der Waals surface area contributed by atoms with Crippen molar-refractivity contribution in [3.05, 3.63) is 0 Å². The molecule has 1 saturated heterocycles. The molecule has 8 heavy (non-hydrogen) atoms. The maximum absolute atomic E-state index is 5.37. The number of nitrogens with two attached hydrogens (primary N) is 1. The molecule has 48 valence electrons. The van der Waals surface area contributed by atoms with Crippen molar-refractivity contribution in [2.75, 3.05) is 13.1 Å². The van der Waals surface area contributed by atoms with E-state index in [1.807, 2.05) is 0 Å². The molecule has 1 aliphatic heterocycles. The summed E-state index contributed by atoms with van der Waals surface area (Å²) in [6.45, 7) is 2.17. The summed E-state index contributed by atoms with van der Waals surface area (Å²) in [5.74, 6) is 5.37. The molecule has 1 fully saturated rings. The first-order valence-corrected chi connectivity index (χ1v) is 3.47. The van der Waals surface area contributed by atoms with Crippen LogP contribution in [-0.4, -0.2) is 22.2 Å². The van der Waals surface area contributed by atoms with Crippen LogP contribution in [0.25, 0.3) is 0 Å². The van der Waals surface area contributed by atoms with Crippen LogP contribution in [0.2, 0.25) is 0 Å². The quantitative estimate of drug-likeness (QED) is 0.362. The van der Waals surface area contributed by atoms with Crippen LogP contribution in [0.1, 0.15) is 12.8 Å². The average Bonchev–Trinajstić information content (AvgIpc) is 2.12. The predicted molar refractivity (Wildman–Crippen MR) is 35.8 cm³/mol. The Morgan fingerprint density at radius 3 is 2.12 bits per heavy atom. The van der Waals surface area contributed by atoms with Crippen LogP contribution in [-0.2, 0) is 0 Å². The fraction of sp³-hybridized carbons (Fsp3) is 1.00. The molecule has 0 aromatic rings. The van der Waals surface area contributed by atoms with E-state index in [0.29, 0.717) is 0 Å². The topological polar surface area (TPSA) is 32.5 Å². The van der Waals surface area contributed by atoms with Crippen molar-refractivity contribution in [2.24, 2.45) is 5.84 Å². The van der Waals surface area contributed by atoms with Gasteiger partial charge in [-0.3, -0.25) is 0 Å². The Hall–Kier alpha value is 0.360. The van der Waals surface area contributed by atoms with Gasteiger partial charge in [0.15, 0.2) is 0 Å². The highest BCUT2D eigenvalue weighted by molar-refractivity contribution is 9.07. The molecule has 0 atom stereocenters. The van der Waals surface area contributed by atoms with Gasteiger partial charge in [-0.25, -0.2) is 10.9 Å². The molecule has 1 aliphatic rings. The zero-order valence-corrected chi connectivity index (χ0v) is 6.26. The monoisotopic (exact) mass is 179 g/mol. The third-order valence-electron chi connectivity index (χ3n) is 1.35. The van der Waals surface area contributed by atoms with Crippen LogP contribution >= 0.6 is 16.1 Å². The molecule has 0 radical (unpaired) electrons. The van der Waals surface area contributed by atoms with Crippen LogP contribution in [0.3, 0.4) is 0 Å². The highest BCUT2D eigenvalue weighted by Crippen LogP contribution is 2.09. The summed E-state index contributed by atoms with van der Waals surface area (Å²) < 4.78 is 1.49. The molecule has 1 heterocycles. The summed E-state index contributed by atoms with van der Waals surface area (Å²) >= 11 is 3.14. The van der Waals surface area contributed by atoms with Gasteiger partial charge >= 0.3 is 0 Å². The Morgan fingerprint density at radius 2 is 1.88 bits per heavy atom. The van der Waals surface area contributed by atoms with Gasteiger partial charge in [-0.1, -0.05) is 0 Å². The lowest BCUT2D eigenvalue weighted by atomic mass is 10.4. The zero-order chi connectivity index (χ0) is 5.98. The van der Waals surface area contributed by atoms with Gasteiger partial charge < -0.3 is 0 Å². The van der Waals surface area contributed by atoms with Crippen LogP contribution in [0, 0.1) is 0 Å². The van der Waals surface area contributed by atoms with E-state index in [1.54, 1.807) is 0 Å². The maximum Gasteiger partial charge on any atom is 0.0473 e. The molecule has 0 bridgehead atoms. The summed E-state index contributed by atoms with van der Waals surface area (Å²) in [4.78, 5) is 0. The number of hydrogen-bond acceptors (Lipinski definition) is 3. The SMILES string of the molecule is NN(Br)N1CCCC1. The Morgan fingerprint density at radius 1 is 1.38 bits per heavy atom. The fourth-order valence-electron chi connectivity index (χ4n) is 0.892. The zero-order valence-electron chi connectivity index (χ0n) is 4.68. The summed E-state index contributed by atoms with van der Waals surface area (Å²) in [6.07, 6.45) is 2.53. The molecule has 0 unspecified atom stereocenters. The summed E-state index contributed by atoms with van der Waals surface area (Å²) in [7, 11) is 0. The molecule has 0 amide bonds. The molecule has 0 aliphatic carbocycles. The minimum Gasteiger partial charge on any atom is -0.244 e. The van der Waals surface area contributed by atoms with Crippen molar-refractivity contribution in [3.63, 3.8) is 0 Å². The number of nitrogens with zero attached hydrogens (tertiary/aromatic N) is 2. The lowest BCUT2D eigenvalue weighted by Gasteiger charge is -2.18. The number of hydrazine groups is 2. The smallest absolute Gasteiger partial charge is 0.0473 e. The van der Waals surface area contributed by atoms with Crippen molar-refractivity contribution < 1.29 is 0 Å². The molecule has 3 nitrogen and oxygen atoms in total. The summed E-state index contributed by atoms with van der Waals surface area (Å²) in [6, 6.07) is 0. The van der Waals surface area contributed by atoms with E-state index in [9.17, 15) is 0 Å². The highest BCUT2D eigenvalue weighted by atomic mass is 79.9. The second-order valence-corrected chi connectivity index (χ2v) is 2.68. The van der Waals surface area contributed by atoms with E-state index in [0.717, 1.165) is 13.1 Å². The van der Waals surface area contributed by atoms with Crippen LogP contribution < -0.4 is 5.84 Å². The Labute approximate surface area is 57.7 Å². The highest BCUT2D eigenvalue weighted by Gasteiger charge is 2.13. The molecule has 0 aromatic carbocycles. The molecule has 4 heteroatoms. The minimum absolute atomic E-state index is 1.09. The number of rotatable bonds is 1. The number of hydrogen-bond donors (Lipinski definition) is 1. The van der Waals surface area contributed by atoms with Gasteiger partial charge in [0.1, 0.15) is 0 Å². The lowest BCUT2D eigenvalue weighted by Crippen LogP contribution is -2.37. The maximum atomic E-state index is 5.37. The Balaban J connectivity index is 2.24. The average molecular weight is 180 g/mol. The minimum atomic E-state index is 1.09. The van der Waals surface area contributed by atoms with Gasteiger partial charge in [-0.15, -0.1) is 4.14 Å². The first-order valence-electron chi connectivity index (χ1n) is 2.76. The molecular weight excluding hydrogens is 170 g/mol. The van der Waals surface area contributed by atoms with E-state index in [2.05, 4.69) is 21.2 Å². The van der Waals surface area contributed by atoms with Crippen LogP contribution in [0.5, 0.6) is 0 Å². The largest absolute Gasteiger partial charge is 0.244 e. The normalized spacial score (nSPS) is 22.9. The van der Waals surface area contributed by atoms with Crippen LogP contribution in [0.4, 0.5) is 0 Å². The van der Waals surface area contributed by atoms with Gasteiger partial charge in [0.05, 0.1) is 0 Å². The van der Waals surface area contributed by atoms with Crippen molar-refractivity contribution in [1.82, 2.24) is 9.15 Å². The van der Waals surface area contributed by atoms with E-state index >= 15 is 0 Å². The third-order valence-corrected chi connectivity index (χ3v) is 1.80. The molecule has 0 aromatic heterocycles. The predicted octanol–water partition coefficient (Wildman–Crippen LogP) is 0.483. The second kappa shape index (κ2) is 2.77. The van der Waals surface area contributed by atoms with Crippen molar-refractivity contribution in [3.8, 4) is 0 Å². The molecular formula is C4H10BrN3. The first kappa shape index (κ1) is 6.48. The Kier molecular flexibility index (Phi) is 2.25. The molecule has 0 spiro atoms. The van der Waals surface area contributed by atoms with E-state index in [4.69, 9.17) is 5.84 Å². The lowest BCUT2D eigenvalue weighted by molar-refractivity contribution is 0.115. The molecule has 1 rings (SSSR count). The fourth-order valence-corrected chi connectivity index (χ4v) is 1.21. The van der Waals surface area contributed by atoms with Gasteiger partial charge in [0.2, 0.25) is 0 Å². The van der Waals surface area contributed by atoms with Crippen LogP contribution in [0.15, 0.2) is 0 Å². The van der Waals surface area contributed by atoms with Crippen molar-refractivity contribution >= 4 is 16.1 Å². The van der Waals surface area contributed by atoms with E-state index in [1.165, 1.54) is 17.0 Å². The van der Waals surface area contributed by atoms with Crippen molar-refractivity contribution in [1.29, 1.82) is 0 Å². The Bertz CT molecular complexity index is 69.7. The first-order chi connectivity index (χ1) is 3.80. The van der Waals surface area contributed by atoms with E-state index in [-0.39, 0.29) is 0 Å². The second-order valence-electron chi connectivity index (χ2n) is 1.95. The summed E-state index contributed by atoms with van der Waals surface area (Å²) in [5.41, 5.74) is 0. The van der Waals surface area contributed by atoms with Gasteiger partial charge in [0.25, 0.3) is 0 Å². The van der Waals surface area contributed by atoms with Gasteiger partial charge in [-0.05, 0) is 12.8 Å². The number of halogens is 1. The molecule has 2 N–H and O–H groups in total. The van der Waals surface area contributed by atoms with Crippen molar-refractivity contribution in [2.45, 2.75) is 12.8 Å². The third kappa shape index (κ3) is 1.42. The summed E-state index contributed by atoms with van der Waals surface area (Å²) in [5, 5.41) is 2.06. The van der Waals surface area contributed by atoms with Gasteiger partial charge in [0, 0.05) is 29.2 Å². The standard InChI is InChI=1S/C4H10BrN3/c5-8(6)7-3-1-2-4-7/h1-4,6H2.